The van der Waals surface area contributed by atoms with Crippen LogP contribution in [0.5, 0.6) is 5.75 Å². The SMILES string of the molecule is CCNC1CC(Oc2ccc(F)cc2Cl)C1OCC. The maximum atomic E-state index is 13.0. The molecular formula is C14H19ClFNO2. The molecule has 0 aliphatic heterocycles. The van der Waals surface area contributed by atoms with Gasteiger partial charge in [0.25, 0.3) is 0 Å². The third-order valence-corrected chi connectivity index (χ3v) is 3.54. The van der Waals surface area contributed by atoms with E-state index in [4.69, 9.17) is 21.1 Å². The van der Waals surface area contributed by atoms with Crippen molar-refractivity contribution in [2.75, 3.05) is 13.2 Å². The van der Waals surface area contributed by atoms with Crippen LogP contribution in [0.1, 0.15) is 20.3 Å². The second-order valence-electron chi connectivity index (χ2n) is 4.55. The second kappa shape index (κ2) is 6.55. The lowest BCUT2D eigenvalue weighted by Crippen LogP contribution is -2.61. The van der Waals surface area contributed by atoms with Gasteiger partial charge >= 0.3 is 0 Å². The maximum absolute atomic E-state index is 13.0. The van der Waals surface area contributed by atoms with E-state index in [9.17, 15) is 4.39 Å². The molecule has 1 aliphatic carbocycles. The predicted molar refractivity (Wildman–Crippen MR) is 73.3 cm³/mol. The number of benzene rings is 1. The highest BCUT2D eigenvalue weighted by molar-refractivity contribution is 6.32. The smallest absolute Gasteiger partial charge is 0.138 e. The van der Waals surface area contributed by atoms with Gasteiger partial charge in [0.1, 0.15) is 23.8 Å². The first-order valence-corrected chi connectivity index (χ1v) is 7.00. The van der Waals surface area contributed by atoms with Gasteiger partial charge in [0, 0.05) is 19.1 Å². The van der Waals surface area contributed by atoms with Crippen LogP contribution < -0.4 is 10.1 Å². The largest absolute Gasteiger partial charge is 0.486 e. The van der Waals surface area contributed by atoms with Crippen LogP contribution in [0.3, 0.4) is 0 Å². The minimum absolute atomic E-state index is 0.0195. The first kappa shape index (κ1) is 14.6. The van der Waals surface area contributed by atoms with Crippen molar-refractivity contribution < 1.29 is 13.9 Å². The molecule has 2 rings (SSSR count). The van der Waals surface area contributed by atoms with Crippen LogP contribution in [0.25, 0.3) is 0 Å². The maximum Gasteiger partial charge on any atom is 0.138 e. The first-order chi connectivity index (χ1) is 9.15. The third kappa shape index (κ3) is 3.38. The number of nitrogens with one attached hydrogen (secondary N) is 1. The van der Waals surface area contributed by atoms with Gasteiger partial charge in [0.15, 0.2) is 0 Å². The van der Waals surface area contributed by atoms with Crippen LogP contribution in [-0.2, 0) is 4.74 Å². The summed E-state index contributed by atoms with van der Waals surface area (Å²) in [6.45, 7) is 5.57. The van der Waals surface area contributed by atoms with E-state index < -0.39 is 0 Å². The summed E-state index contributed by atoms with van der Waals surface area (Å²) in [5, 5.41) is 3.65. The fourth-order valence-corrected chi connectivity index (χ4v) is 2.52. The summed E-state index contributed by atoms with van der Waals surface area (Å²) < 4.78 is 24.5. The molecule has 1 N–H and O–H groups in total. The van der Waals surface area contributed by atoms with Crippen molar-refractivity contribution in [2.45, 2.75) is 38.5 Å². The normalized spacial score (nSPS) is 26.0. The molecule has 19 heavy (non-hydrogen) atoms. The zero-order chi connectivity index (χ0) is 13.8. The fourth-order valence-electron chi connectivity index (χ4n) is 2.31. The predicted octanol–water partition coefficient (Wildman–Crippen LogP) is 3.01. The number of hydrogen-bond acceptors (Lipinski definition) is 3. The Morgan fingerprint density at radius 2 is 2.21 bits per heavy atom. The average molecular weight is 288 g/mol. The molecule has 0 amide bonds. The van der Waals surface area contributed by atoms with Crippen molar-refractivity contribution in [1.29, 1.82) is 0 Å². The minimum Gasteiger partial charge on any atom is -0.486 e. The van der Waals surface area contributed by atoms with Gasteiger partial charge in [-0.1, -0.05) is 18.5 Å². The Kier molecular flexibility index (Phi) is 5.02. The van der Waals surface area contributed by atoms with Gasteiger partial charge in [-0.25, -0.2) is 4.39 Å². The summed E-state index contributed by atoms with van der Waals surface area (Å²) in [6, 6.07) is 4.47. The quantitative estimate of drug-likeness (QED) is 0.872. The van der Waals surface area contributed by atoms with Gasteiger partial charge in [0.05, 0.1) is 5.02 Å². The lowest BCUT2D eigenvalue weighted by molar-refractivity contribution is -0.104. The molecule has 0 saturated heterocycles. The molecule has 1 aliphatic rings. The van der Waals surface area contributed by atoms with Gasteiger partial charge in [0.2, 0.25) is 0 Å². The first-order valence-electron chi connectivity index (χ1n) is 6.62. The molecule has 3 atom stereocenters. The van der Waals surface area contributed by atoms with E-state index in [0.29, 0.717) is 23.4 Å². The Morgan fingerprint density at radius 1 is 1.42 bits per heavy atom. The van der Waals surface area contributed by atoms with E-state index in [1.807, 2.05) is 6.92 Å². The van der Waals surface area contributed by atoms with Crippen LogP contribution in [-0.4, -0.2) is 31.4 Å². The van der Waals surface area contributed by atoms with Crippen molar-refractivity contribution in [3.63, 3.8) is 0 Å². The number of halogens is 2. The molecule has 0 radical (unpaired) electrons. The molecule has 1 fully saturated rings. The fraction of sp³-hybridized carbons (Fsp3) is 0.571. The number of rotatable bonds is 6. The molecule has 0 aromatic heterocycles. The topological polar surface area (TPSA) is 30.5 Å². The Hall–Kier alpha value is -0.840. The molecule has 1 aromatic rings. The molecule has 1 aromatic carbocycles. The van der Waals surface area contributed by atoms with E-state index in [1.165, 1.54) is 12.1 Å². The van der Waals surface area contributed by atoms with E-state index in [1.54, 1.807) is 6.07 Å². The molecule has 0 heterocycles. The van der Waals surface area contributed by atoms with Crippen molar-refractivity contribution in [1.82, 2.24) is 5.32 Å². The van der Waals surface area contributed by atoms with Crippen LogP contribution >= 0.6 is 11.6 Å². The third-order valence-electron chi connectivity index (χ3n) is 3.25. The van der Waals surface area contributed by atoms with Crippen LogP contribution in [0, 0.1) is 5.82 Å². The summed E-state index contributed by atoms with van der Waals surface area (Å²) >= 11 is 5.96. The number of ether oxygens (including phenoxy) is 2. The lowest BCUT2D eigenvalue weighted by atomic mass is 9.85. The number of hydrogen-bond donors (Lipinski definition) is 1. The van der Waals surface area contributed by atoms with Crippen LogP contribution in [0.2, 0.25) is 5.02 Å². The van der Waals surface area contributed by atoms with E-state index in [0.717, 1.165) is 13.0 Å². The van der Waals surface area contributed by atoms with Gasteiger partial charge in [-0.15, -0.1) is 0 Å². The van der Waals surface area contributed by atoms with Gasteiger partial charge in [-0.2, -0.15) is 0 Å². The molecule has 1 saturated carbocycles. The van der Waals surface area contributed by atoms with E-state index in [-0.39, 0.29) is 18.0 Å². The Labute approximate surface area is 118 Å². The molecular weight excluding hydrogens is 269 g/mol. The van der Waals surface area contributed by atoms with Gasteiger partial charge in [-0.3, -0.25) is 0 Å². The van der Waals surface area contributed by atoms with Crippen molar-refractivity contribution >= 4 is 11.6 Å². The molecule has 0 spiro atoms. The van der Waals surface area contributed by atoms with Crippen LogP contribution in [0.15, 0.2) is 18.2 Å². The zero-order valence-electron chi connectivity index (χ0n) is 11.2. The van der Waals surface area contributed by atoms with E-state index in [2.05, 4.69) is 12.2 Å². The number of likely N-dealkylation sites (N-methyl/N-ethyl adjacent to an activating group) is 1. The molecule has 3 nitrogen and oxygen atoms in total. The monoisotopic (exact) mass is 287 g/mol. The highest BCUT2D eigenvalue weighted by atomic mass is 35.5. The summed E-state index contributed by atoms with van der Waals surface area (Å²) in [7, 11) is 0. The molecule has 106 valence electrons. The molecule has 0 bridgehead atoms. The molecule has 3 unspecified atom stereocenters. The standard InChI is InChI=1S/C14H19ClFNO2/c1-3-17-11-8-13(14(11)18-4-2)19-12-6-5-9(16)7-10(12)15/h5-7,11,13-14,17H,3-4,8H2,1-2H3. The summed E-state index contributed by atoms with van der Waals surface area (Å²) in [5.74, 6) is 0.144. The zero-order valence-corrected chi connectivity index (χ0v) is 11.9. The summed E-state index contributed by atoms with van der Waals surface area (Å²) in [5.41, 5.74) is 0. The highest BCUT2D eigenvalue weighted by Gasteiger charge is 2.43. The lowest BCUT2D eigenvalue weighted by Gasteiger charge is -2.44. The second-order valence-corrected chi connectivity index (χ2v) is 4.96. The average Bonchev–Trinajstić information content (AvgIpc) is 2.37. The molecule has 5 heteroatoms. The Bertz CT molecular complexity index is 430. The van der Waals surface area contributed by atoms with E-state index >= 15 is 0 Å². The Balaban J connectivity index is 1.98. The highest BCUT2D eigenvalue weighted by Crippen LogP contribution is 2.33. The van der Waals surface area contributed by atoms with Crippen molar-refractivity contribution in [3.8, 4) is 5.75 Å². The minimum atomic E-state index is -0.363. The Morgan fingerprint density at radius 3 is 2.84 bits per heavy atom. The van der Waals surface area contributed by atoms with Gasteiger partial charge in [-0.05, 0) is 31.7 Å². The summed E-state index contributed by atoms with van der Waals surface area (Å²) in [6.07, 6.45) is 0.852. The van der Waals surface area contributed by atoms with Crippen molar-refractivity contribution in [2.24, 2.45) is 0 Å². The van der Waals surface area contributed by atoms with Crippen LogP contribution in [0.4, 0.5) is 4.39 Å². The van der Waals surface area contributed by atoms with Crippen molar-refractivity contribution in [3.05, 3.63) is 29.0 Å². The van der Waals surface area contributed by atoms with Gasteiger partial charge < -0.3 is 14.8 Å². The summed E-state index contributed by atoms with van der Waals surface area (Å²) in [4.78, 5) is 0.